The Hall–Kier alpha value is -0.310. The lowest BCUT2D eigenvalue weighted by Crippen LogP contribution is -2.44. The zero-order valence-corrected chi connectivity index (χ0v) is 14.2. The summed E-state index contributed by atoms with van der Waals surface area (Å²) in [5.74, 6) is 0. The third kappa shape index (κ3) is 12.5. The first-order valence-corrected chi connectivity index (χ1v) is 8.58. The summed E-state index contributed by atoms with van der Waals surface area (Å²) < 4.78 is 0. The molecule has 19 heavy (non-hydrogen) atoms. The highest BCUT2D eigenvalue weighted by Crippen LogP contribution is 2.06. The maximum Gasteiger partial charge on any atom is 0.166 e. The van der Waals surface area contributed by atoms with E-state index < -0.39 is 0 Å². The van der Waals surface area contributed by atoms with Gasteiger partial charge in [0.2, 0.25) is 0 Å². The van der Waals surface area contributed by atoms with E-state index in [0.717, 1.165) is 5.11 Å². The molecule has 0 aromatic rings. The number of unbranched alkanes of at least 4 members (excludes halogenated alkanes) is 5. The van der Waals surface area contributed by atoms with Crippen molar-refractivity contribution in [2.45, 2.75) is 97.6 Å². The molecule has 0 bridgehead atoms. The Kier molecular flexibility index (Phi) is 12.5. The van der Waals surface area contributed by atoms with Crippen LogP contribution in [0.3, 0.4) is 0 Å². The Morgan fingerprint density at radius 1 is 0.789 bits per heavy atom. The molecule has 0 radical (unpaired) electrons. The Labute approximate surface area is 126 Å². The van der Waals surface area contributed by atoms with Gasteiger partial charge in [-0.05, 0) is 38.9 Å². The van der Waals surface area contributed by atoms with Gasteiger partial charge in [-0.3, -0.25) is 0 Å². The van der Waals surface area contributed by atoms with Crippen LogP contribution >= 0.6 is 12.2 Å². The van der Waals surface area contributed by atoms with Crippen molar-refractivity contribution in [1.82, 2.24) is 10.6 Å². The Morgan fingerprint density at radius 3 is 1.68 bits per heavy atom. The van der Waals surface area contributed by atoms with E-state index in [1.165, 1.54) is 57.8 Å². The highest BCUT2D eigenvalue weighted by molar-refractivity contribution is 7.80. The summed E-state index contributed by atoms with van der Waals surface area (Å²) in [6.45, 7) is 8.93. The minimum Gasteiger partial charge on any atom is -0.360 e. The van der Waals surface area contributed by atoms with E-state index in [9.17, 15) is 0 Å². The molecule has 2 nitrogen and oxygen atoms in total. The van der Waals surface area contributed by atoms with Crippen LogP contribution in [0.5, 0.6) is 0 Å². The molecule has 0 aromatic heterocycles. The van der Waals surface area contributed by atoms with Crippen molar-refractivity contribution in [1.29, 1.82) is 0 Å². The van der Waals surface area contributed by atoms with Crippen molar-refractivity contribution in [3.63, 3.8) is 0 Å². The molecule has 0 aromatic carbocycles. The van der Waals surface area contributed by atoms with Crippen molar-refractivity contribution >= 4 is 17.3 Å². The molecule has 3 heteroatoms. The molecule has 2 N–H and O–H groups in total. The number of hydrogen-bond acceptors (Lipinski definition) is 1. The Balaban J connectivity index is 3.60. The normalized spacial score (nSPS) is 13.9. The summed E-state index contributed by atoms with van der Waals surface area (Å²) in [5.41, 5.74) is 0. The quantitative estimate of drug-likeness (QED) is 0.422. The van der Waals surface area contributed by atoms with Crippen LogP contribution in [-0.4, -0.2) is 17.2 Å². The molecule has 2 atom stereocenters. The zero-order valence-electron chi connectivity index (χ0n) is 13.4. The standard InChI is InChI=1S/C16H34N2S/c1-5-7-9-11-13-15(4)18-16(19)17-14(3)12-10-8-6-2/h14-15H,5-13H2,1-4H3,(H2,17,18,19). The Morgan fingerprint density at radius 2 is 1.21 bits per heavy atom. The number of thiocarbonyl (C=S) groups is 1. The van der Waals surface area contributed by atoms with Gasteiger partial charge in [0.25, 0.3) is 0 Å². The van der Waals surface area contributed by atoms with Crippen LogP contribution in [0, 0.1) is 0 Å². The minimum atomic E-state index is 0.485. The second-order valence-electron chi connectivity index (χ2n) is 5.77. The minimum absolute atomic E-state index is 0.485. The SMILES string of the molecule is CCCCCCC(C)NC(=S)NC(C)CCCCC. The molecular formula is C16H34N2S. The summed E-state index contributed by atoms with van der Waals surface area (Å²) >= 11 is 5.36. The highest BCUT2D eigenvalue weighted by Gasteiger charge is 2.07. The van der Waals surface area contributed by atoms with Crippen LogP contribution in [0.25, 0.3) is 0 Å². The fourth-order valence-electron chi connectivity index (χ4n) is 2.21. The maximum absolute atomic E-state index is 5.36. The second kappa shape index (κ2) is 12.7. The molecular weight excluding hydrogens is 252 g/mol. The number of hydrogen-bond donors (Lipinski definition) is 2. The topological polar surface area (TPSA) is 24.1 Å². The van der Waals surface area contributed by atoms with Crippen LogP contribution in [0.1, 0.15) is 85.5 Å². The lowest BCUT2D eigenvalue weighted by Gasteiger charge is -2.20. The van der Waals surface area contributed by atoms with Crippen LogP contribution in [0.4, 0.5) is 0 Å². The molecule has 0 aliphatic carbocycles. The van der Waals surface area contributed by atoms with Crippen molar-refractivity contribution in [3.8, 4) is 0 Å². The lowest BCUT2D eigenvalue weighted by molar-refractivity contribution is 0.520. The first-order valence-electron chi connectivity index (χ1n) is 8.17. The highest BCUT2D eigenvalue weighted by atomic mass is 32.1. The maximum atomic E-state index is 5.36. The first kappa shape index (κ1) is 18.7. The van der Waals surface area contributed by atoms with Crippen LogP contribution in [-0.2, 0) is 0 Å². The molecule has 114 valence electrons. The summed E-state index contributed by atoms with van der Waals surface area (Å²) in [7, 11) is 0. The van der Waals surface area contributed by atoms with Gasteiger partial charge in [0, 0.05) is 12.1 Å². The monoisotopic (exact) mass is 286 g/mol. The van der Waals surface area contributed by atoms with E-state index in [-0.39, 0.29) is 0 Å². The summed E-state index contributed by atoms with van der Waals surface area (Å²) in [6.07, 6.45) is 11.6. The zero-order chi connectivity index (χ0) is 14.5. The van der Waals surface area contributed by atoms with Gasteiger partial charge in [-0.2, -0.15) is 0 Å². The summed E-state index contributed by atoms with van der Waals surface area (Å²) in [4.78, 5) is 0. The number of rotatable bonds is 11. The third-order valence-electron chi connectivity index (χ3n) is 3.49. The van der Waals surface area contributed by atoms with Crippen molar-refractivity contribution < 1.29 is 0 Å². The molecule has 0 aliphatic rings. The van der Waals surface area contributed by atoms with Gasteiger partial charge in [-0.15, -0.1) is 0 Å². The molecule has 0 amide bonds. The van der Waals surface area contributed by atoms with Gasteiger partial charge in [-0.25, -0.2) is 0 Å². The van der Waals surface area contributed by atoms with E-state index in [1.54, 1.807) is 0 Å². The molecule has 2 unspecified atom stereocenters. The average molecular weight is 287 g/mol. The third-order valence-corrected chi connectivity index (χ3v) is 3.72. The van der Waals surface area contributed by atoms with Gasteiger partial charge in [0.05, 0.1) is 0 Å². The van der Waals surface area contributed by atoms with Crippen molar-refractivity contribution in [2.24, 2.45) is 0 Å². The van der Waals surface area contributed by atoms with Gasteiger partial charge >= 0.3 is 0 Å². The smallest absolute Gasteiger partial charge is 0.166 e. The fraction of sp³-hybridized carbons (Fsp3) is 0.938. The van der Waals surface area contributed by atoms with Gasteiger partial charge in [-0.1, -0.05) is 58.8 Å². The largest absolute Gasteiger partial charge is 0.360 e. The van der Waals surface area contributed by atoms with E-state index in [1.807, 2.05) is 0 Å². The number of nitrogens with one attached hydrogen (secondary N) is 2. The van der Waals surface area contributed by atoms with Crippen LogP contribution < -0.4 is 10.6 Å². The molecule has 0 rings (SSSR count). The van der Waals surface area contributed by atoms with Crippen molar-refractivity contribution in [2.75, 3.05) is 0 Å². The summed E-state index contributed by atoms with van der Waals surface area (Å²) in [5, 5.41) is 7.62. The lowest BCUT2D eigenvalue weighted by atomic mass is 10.1. The van der Waals surface area contributed by atoms with Crippen LogP contribution in [0.2, 0.25) is 0 Å². The fourth-order valence-corrected chi connectivity index (χ4v) is 2.61. The van der Waals surface area contributed by atoms with Crippen LogP contribution in [0.15, 0.2) is 0 Å². The molecule has 0 saturated carbocycles. The Bertz CT molecular complexity index is 219. The van der Waals surface area contributed by atoms with E-state index in [4.69, 9.17) is 12.2 Å². The average Bonchev–Trinajstić information content (AvgIpc) is 2.34. The predicted molar refractivity (Wildman–Crippen MR) is 90.7 cm³/mol. The van der Waals surface area contributed by atoms with Gasteiger partial charge in [0.1, 0.15) is 0 Å². The van der Waals surface area contributed by atoms with E-state index in [2.05, 4.69) is 38.3 Å². The molecule has 0 aliphatic heterocycles. The molecule has 0 saturated heterocycles. The second-order valence-corrected chi connectivity index (χ2v) is 6.17. The van der Waals surface area contributed by atoms with Crippen molar-refractivity contribution in [3.05, 3.63) is 0 Å². The van der Waals surface area contributed by atoms with E-state index in [0.29, 0.717) is 12.1 Å². The summed E-state index contributed by atoms with van der Waals surface area (Å²) in [6, 6.07) is 0.971. The van der Waals surface area contributed by atoms with E-state index >= 15 is 0 Å². The van der Waals surface area contributed by atoms with Gasteiger partial charge in [0.15, 0.2) is 5.11 Å². The molecule has 0 heterocycles. The van der Waals surface area contributed by atoms with Gasteiger partial charge < -0.3 is 10.6 Å². The predicted octanol–water partition coefficient (Wildman–Crippen LogP) is 4.78. The molecule has 0 fully saturated rings. The molecule has 0 spiro atoms. The first-order chi connectivity index (χ1) is 9.10.